The van der Waals surface area contributed by atoms with E-state index in [0.29, 0.717) is 24.0 Å². The average Bonchev–Trinajstić information content (AvgIpc) is 3.39. The number of ether oxygens (including phenoxy) is 1. The SMILES string of the molecule is CNC(=O)c1cc(Oc2ccc3c(c2)nc(Nc2ccc4c(c2)N(C(C)=O)CC4)n3C)ccn1. The molecule has 0 unspecified atom stereocenters. The Kier molecular flexibility index (Phi) is 5.37. The first kappa shape index (κ1) is 21.4. The first-order chi connectivity index (χ1) is 16.4. The van der Waals surface area contributed by atoms with Crippen molar-refractivity contribution in [3.63, 3.8) is 0 Å². The van der Waals surface area contributed by atoms with E-state index in [1.54, 1.807) is 31.0 Å². The fourth-order valence-corrected chi connectivity index (χ4v) is 4.13. The molecule has 0 saturated carbocycles. The molecule has 0 aliphatic carbocycles. The van der Waals surface area contributed by atoms with E-state index in [-0.39, 0.29) is 17.5 Å². The molecule has 5 rings (SSSR count). The molecule has 1 aliphatic rings. The number of nitrogens with one attached hydrogen (secondary N) is 2. The summed E-state index contributed by atoms with van der Waals surface area (Å²) >= 11 is 0. The quantitative estimate of drug-likeness (QED) is 0.474. The Bertz CT molecular complexity index is 1430. The summed E-state index contributed by atoms with van der Waals surface area (Å²) in [4.78, 5) is 34.3. The monoisotopic (exact) mass is 456 g/mol. The Morgan fingerprint density at radius 3 is 2.68 bits per heavy atom. The number of rotatable bonds is 5. The molecule has 0 bridgehead atoms. The van der Waals surface area contributed by atoms with Crippen LogP contribution >= 0.6 is 0 Å². The second kappa shape index (κ2) is 8.51. The van der Waals surface area contributed by atoms with Crippen molar-refractivity contribution in [2.24, 2.45) is 7.05 Å². The maximum absolute atomic E-state index is 11.9. The molecule has 2 aromatic heterocycles. The lowest BCUT2D eigenvalue weighted by atomic mass is 10.1. The number of aromatic nitrogens is 3. The van der Waals surface area contributed by atoms with Crippen molar-refractivity contribution in [3.8, 4) is 11.5 Å². The van der Waals surface area contributed by atoms with Crippen LogP contribution in [0.2, 0.25) is 0 Å². The highest BCUT2D eigenvalue weighted by atomic mass is 16.5. The molecule has 172 valence electrons. The Morgan fingerprint density at radius 1 is 1.06 bits per heavy atom. The summed E-state index contributed by atoms with van der Waals surface area (Å²) in [6, 6.07) is 15.0. The van der Waals surface area contributed by atoms with Crippen molar-refractivity contribution in [1.29, 1.82) is 0 Å². The van der Waals surface area contributed by atoms with E-state index < -0.39 is 0 Å². The topological polar surface area (TPSA) is 101 Å². The van der Waals surface area contributed by atoms with Crippen LogP contribution in [0.1, 0.15) is 23.0 Å². The Morgan fingerprint density at radius 2 is 1.88 bits per heavy atom. The van der Waals surface area contributed by atoms with Crippen molar-refractivity contribution in [3.05, 3.63) is 66.0 Å². The van der Waals surface area contributed by atoms with Gasteiger partial charge in [0.15, 0.2) is 0 Å². The van der Waals surface area contributed by atoms with E-state index >= 15 is 0 Å². The van der Waals surface area contributed by atoms with Crippen LogP contribution in [0.5, 0.6) is 11.5 Å². The molecule has 2 aromatic carbocycles. The van der Waals surface area contributed by atoms with Crippen LogP contribution in [0.15, 0.2) is 54.7 Å². The van der Waals surface area contributed by atoms with Gasteiger partial charge in [0.25, 0.3) is 5.91 Å². The van der Waals surface area contributed by atoms with Gasteiger partial charge in [-0.2, -0.15) is 0 Å². The van der Waals surface area contributed by atoms with Crippen molar-refractivity contribution >= 4 is 40.2 Å². The van der Waals surface area contributed by atoms with Crippen molar-refractivity contribution in [2.45, 2.75) is 13.3 Å². The van der Waals surface area contributed by atoms with Crippen molar-refractivity contribution < 1.29 is 14.3 Å². The average molecular weight is 457 g/mol. The normalized spacial score (nSPS) is 12.5. The molecule has 4 aromatic rings. The van der Waals surface area contributed by atoms with Crippen LogP contribution in [0.3, 0.4) is 0 Å². The molecule has 3 heterocycles. The highest BCUT2D eigenvalue weighted by Crippen LogP contribution is 2.33. The lowest BCUT2D eigenvalue weighted by Gasteiger charge is -2.16. The minimum Gasteiger partial charge on any atom is -0.457 e. The van der Waals surface area contributed by atoms with E-state index in [1.165, 1.54) is 11.8 Å². The highest BCUT2D eigenvalue weighted by molar-refractivity contribution is 5.94. The van der Waals surface area contributed by atoms with Crippen LogP contribution in [0, 0.1) is 0 Å². The molecular formula is C25H24N6O3. The van der Waals surface area contributed by atoms with E-state index in [0.717, 1.165) is 28.8 Å². The number of aryl methyl sites for hydroxylation is 1. The van der Waals surface area contributed by atoms with Gasteiger partial charge in [0.1, 0.15) is 17.2 Å². The van der Waals surface area contributed by atoms with Gasteiger partial charge in [-0.1, -0.05) is 6.07 Å². The van der Waals surface area contributed by atoms with Gasteiger partial charge in [0, 0.05) is 57.3 Å². The third-order valence-electron chi connectivity index (χ3n) is 5.90. The van der Waals surface area contributed by atoms with E-state index in [2.05, 4.69) is 21.7 Å². The number of fused-ring (bicyclic) bond motifs is 2. The largest absolute Gasteiger partial charge is 0.457 e. The molecule has 34 heavy (non-hydrogen) atoms. The van der Waals surface area contributed by atoms with Gasteiger partial charge in [0.2, 0.25) is 11.9 Å². The molecule has 9 nitrogen and oxygen atoms in total. The number of imidazole rings is 1. The number of benzene rings is 2. The number of amides is 2. The van der Waals surface area contributed by atoms with Gasteiger partial charge in [-0.15, -0.1) is 0 Å². The predicted octanol–water partition coefficient (Wildman–Crippen LogP) is 3.77. The molecule has 0 spiro atoms. The van der Waals surface area contributed by atoms with Gasteiger partial charge in [-0.05, 0) is 42.3 Å². The number of carbonyl (C=O) groups excluding carboxylic acids is 2. The summed E-state index contributed by atoms with van der Waals surface area (Å²) in [5.41, 5.74) is 4.95. The number of anilines is 3. The van der Waals surface area contributed by atoms with Crippen LogP contribution < -0.4 is 20.3 Å². The summed E-state index contributed by atoms with van der Waals surface area (Å²) < 4.78 is 7.91. The lowest BCUT2D eigenvalue weighted by molar-refractivity contribution is -0.116. The third-order valence-corrected chi connectivity index (χ3v) is 5.90. The van der Waals surface area contributed by atoms with Gasteiger partial charge >= 0.3 is 0 Å². The minimum absolute atomic E-state index is 0.0443. The standard InChI is InChI=1S/C25H24N6O3/c1-15(32)31-11-9-16-4-5-17(12-23(16)31)28-25-29-20-13-18(6-7-22(20)30(25)3)34-19-8-10-27-21(14-19)24(33)26-2/h4-8,10,12-14H,9,11H2,1-3H3,(H,26,33)(H,28,29). The fraction of sp³-hybridized carbons (Fsp3) is 0.200. The number of hydrogen-bond acceptors (Lipinski definition) is 6. The Labute approximate surface area is 196 Å². The fourth-order valence-electron chi connectivity index (χ4n) is 4.13. The Balaban J connectivity index is 1.40. The van der Waals surface area contributed by atoms with E-state index in [4.69, 9.17) is 9.72 Å². The van der Waals surface area contributed by atoms with Crippen LogP contribution in [0.4, 0.5) is 17.3 Å². The molecule has 9 heteroatoms. The van der Waals surface area contributed by atoms with Gasteiger partial charge in [-0.3, -0.25) is 14.6 Å². The number of carbonyl (C=O) groups is 2. The molecular weight excluding hydrogens is 432 g/mol. The van der Waals surface area contributed by atoms with Gasteiger partial charge in [0.05, 0.1) is 11.0 Å². The first-order valence-electron chi connectivity index (χ1n) is 10.9. The van der Waals surface area contributed by atoms with Gasteiger partial charge in [-0.25, -0.2) is 4.98 Å². The summed E-state index contributed by atoms with van der Waals surface area (Å²) in [5, 5.41) is 5.92. The maximum Gasteiger partial charge on any atom is 0.269 e. The van der Waals surface area contributed by atoms with Crippen LogP contribution in [-0.2, 0) is 18.3 Å². The minimum atomic E-state index is -0.278. The number of hydrogen-bond donors (Lipinski definition) is 2. The number of nitrogens with zero attached hydrogens (tertiary/aromatic N) is 4. The number of pyridine rings is 1. The Hall–Kier alpha value is -4.40. The lowest BCUT2D eigenvalue weighted by Crippen LogP contribution is -2.25. The zero-order chi connectivity index (χ0) is 23.8. The molecule has 2 N–H and O–H groups in total. The molecule has 2 amide bonds. The maximum atomic E-state index is 11.9. The van der Waals surface area contributed by atoms with Gasteiger partial charge < -0.3 is 24.8 Å². The van der Waals surface area contributed by atoms with Crippen molar-refractivity contribution in [2.75, 3.05) is 23.8 Å². The van der Waals surface area contributed by atoms with Crippen molar-refractivity contribution in [1.82, 2.24) is 19.9 Å². The van der Waals surface area contributed by atoms with E-state index in [9.17, 15) is 9.59 Å². The smallest absolute Gasteiger partial charge is 0.269 e. The molecule has 0 atom stereocenters. The second-order valence-electron chi connectivity index (χ2n) is 8.09. The summed E-state index contributed by atoms with van der Waals surface area (Å²) in [6.45, 7) is 2.30. The highest BCUT2D eigenvalue weighted by Gasteiger charge is 2.22. The summed E-state index contributed by atoms with van der Waals surface area (Å²) in [7, 11) is 3.49. The van der Waals surface area contributed by atoms with Crippen LogP contribution in [0.25, 0.3) is 11.0 Å². The van der Waals surface area contributed by atoms with E-state index in [1.807, 2.05) is 41.9 Å². The molecule has 0 radical (unpaired) electrons. The molecule has 1 aliphatic heterocycles. The summed E-state index contributed by atoms with van der Waals surface area (Å²) in [6.07, 6.45) is 2.40. The first-order valence-corrected chi connectivity index (χ1v) is 10.9. The zero-order valence-corrected chi connectivity index (χ0v) is 19.1. The zero-order valence-electron chi connectivity index (χ0n) is 19.1. The second-order valence-corrected chi connectivity index (χ2v) is 8.09. The summed E-state index contributed by atoms with van der Waals surface area (Å²) in [5.74, 6) is 1.55. The molecule has 0 fully saturated rings. The predicted molar refractivity (Wildman–Crippen MR) is 130 cm³/mol. The molecule has 0 saturated heterocycles. The van der Waals surface area contributed by atoms with Crippen LogP contribution in [-0.4, -0.2) is 39.9 Å². The third kappa shape index (κ3) is 3.92.